The maximum Gasteiger partial charge on any atom is 0.243 e. The van der Waals surface area contributed by atoms with E-state index in [1.54, 1.807) is 24.3 Å². The topological polar surface area (TPSA) is 81.8 Å². The zero-order chi connectivity index (χ0) is 17.7. The van der Waals surface area contributed by atoms with Crippen LogP contribution in [0, 0.1) is 0 Å². The Morgan fingerprint density at radius 1 is 1.07 bits per heavy atom. The zero-order valence-corrected chi connectivity index (χ0v) is 17.7. The third kappa shape index (κ3) is 6.58. The van der Waals surface area contributed by atoms with Crippen molar-refractivity contribution in [2.45, 2.75) is 24.2 Å². The number of rotatable bonds is 6. The van der Waals surface area contributed by atoms with Gasteiger partial charge in [-0.15, -0.1) is 24.8 Å². The summed E-state index contributed by atoms with van der Waals surface area (Å²) >= 11 is 0. The summed E-state index contributed by atoms with van der Waals surface area (Å²) in [5, 5.41) is 6.10. The standard InChI is InChI=1S/C17H26N4O3S.2ClH/c22-17(6-11-20-12-7-18-8-13-20)19-15-4-3-5-16(14-15)25(23,24)21-9-1-2-10-21;;/h3-5,14,18H,1-2,6-13H2,(H,19,22);2*1H. The third-order valence-corrected chi connectivity index (χ3v) is 6.58. The highest BCUT2D eigenvalue weighted by molar-refractivity contribution is 7.89. The molecular formula is C17H28Cl2N4O3S. The van der Waals surface area contributed by atoms with E-state index in [1.807, 2.05) is 0 Å². The first-order chi connectivity index (χ1) is 12.1. The van der Waals surface area contributed by atoms with Gasteiger partial charge in [-0.2, -0.15) is 4.31 Å². The molecule has 2 N–H and O–H groups in total. The number of hydrogen-bond donors (Lipinski definition) is 2. The molecule has 10 heteroatoms. The van der Waals surface area contributed by atoms with Crippen LogP contribution in [0.3, 0.4) is 0 Å². The SMILES string of the molecule is Cl.Cl.O=C(CCN1CCNCC1)Nc1cccc(S(=O)(=O)N2CCCC2)c1. The van der Waals surface area contributed by atoms with Crippen molar-refractivity contribution >= 4 is 46.4 Å². The van der Waals surface area contributed by atoms with Crippen molar-refractivity contribution < 1.29 is 13.2 Å². The highest BCUT2D eigenvalue weighted by atomic mass is 35.5. The molecule has 2 saturated heterocycles. The first-order valence-electron chi connectivity index (χ1n) is 8.89. The molecule has 27 heavy (non-hydrogen) atoms. The molecule has 0 bridgehead atoms. The Balaban J connectivity index is 0.00000182. The van der Waals surface area contributed by atoms with Gasteiger partial charge in [0.25, 0.3) is 0 Å². The van der Waals surface area contributed by atoms with E-state index in [4.69, 9.17) is 0 Å². The molecule has 154 valence electrons. The van der Waals surface area contributed by atoms with Crippen LogP contribution in [0.25, 0.3) is 0 Å². The molecule has 0 radical (unpaired) electrons. The van der Waals surface area contributed by atoms with Gasteiger partial charge in [0.2, 0.25) is 15.9 Å². The lowest BCUT2D eigenvalue weighted by atomic mass is 10.3. The number of hydrogen-bond acceptors (Lipinski definition) is 5. The molecule has 1 amide bonds. The maximum atomic E-state index is 12.6. The van der Waals surface area contributed by atoms with Crippen molar-refractivity contribution in [2.75, 3.05) is 51.1 Å². The highest BCUT2D eigenvalue weighted by Crippen LogP contribution is 2.23. The van der Waals surface area contributed by atoms with Gasteiger partial charge >= 0.3 is 0 Å². The van der Waals surface area contributed by atoms with Gasteiger partial charge < -0.3 is 15.5 Å². The van der Waals surface area contributed by atoms with Crippen LogP contribution in [-0.4, -0.2) is 69.3 Å². The van der Waals surface area contributed by atoms with Gasteiger partial charge in [0, 0.05) is 57.9 Å². The Labute approximate surface area is 173 Å². The van der Waals surface area contributed by atoms with E-state index < -0.39 is 10.0 Å². The van der Waals surface area contributed by atoms with Crippen molar-refractivity contribution in [3.05, 3.63) is 24.3 Å². The van der Waals surface area contributed by atoms with Gasteiger partial charge in [-0.05, 0) is 31.0 Å². The molecule has 2 aliphatic rings. The lowest BCUT2D eigenvalue weighted by Crippen LogP contribution is -2.44. The van der Waals surface area contributed by atoms with Crippen LogP contribution >= 0.6 is 24.8 Å². The number of sulfonamides is 1. The maximum absolute atomic E-state index is 12.6. The van der Waals surface area contributed by atoms with Crippen molar-refractivity contribution in [3.8, 4) is 0 Å². The normalized spacial score (nSPS) is 18.4. The molecular weight excluding hydrogens is 411 g/mol. The second kappa shape index (κ2) is 11.2. The van der Waals surface area contributed by atoms with Gasteiger partial charge in [-0.25, -0.2) is 8.42 Å². The number of piperazine rings is 1. The van der Waals surface area contributed by atoms with Crippen LogP contribution < -0.4 is 10.6 Å². The minimum absolute atomic E-state index is 0. The zero-order valence-electron chi connectivity index (χ0n) is 15.2. The van der Waals surface area contributed by atoms with Crippen LogP contribution in [0.2, 0.25) is 0 Å². The second-order valence-electron chi connectivity index (χ2n) is 6.53. The number of anilines is 1. The van der Waals surface area contributed by atoms with E-state index in [0.29, 0.717) is 25.2 Å². The summed E-state index contributed by atoms with van der Waals surface area (Å²) in [5.41, 5.74) is 0.533. The van der Waals surface area contributed by atoms with E-state index >= 15 is 0 Å². The fourth-order valence-electron chi connectivity index (χ4n) is 3.23. The number of carbonyl (C=O) groups is 1. The molecule has 0 atom stereocenters. The van der Waals surface area contributed by atoms with E-state index in [-0.39, 0.29) is 35.6 Å². The molecule has 2 aliphatic heterocycles. The van der Waals surface area contributed by atoms with E-state index in [0.717, 1.165) is 45.6 Å². The van der Waals surface area contributed by atoms with Gasteiger partial charge in [-0.1, -0.05) is 6.07 Å². The van der Waals surface area contributed by atoms with Crippen LogP contribution in [0.15, 0.2) is 29.2 Å². The number of benzene rings is 1. The van der Waals surface area contributed by atoms with Gasteiger partial charge in [-0.3, -0.25) is 4.79 Å². The summed E-state index contributed by atoms with van der Waals surface area (Å²) < 4.78 is 26.7. The first-order valence-corrected chi connectivity index (χ1v) is 10.3. The Morgan fingerprint density at radius 2 is 1.74 bits per heavy atom. The fourth-order valence-corrected chi connectivity index (χ4v) is 4.79. The fraction of sp³-hybridized carbons (Fsp3) is 0.588. The Hall–Kier alpha value is -0.900. The van der Waals surface area contributed by atoms with E-state index in [1.165, 1.54) is 4.31 Å². The van der Waals surface area contributed by atoms with Crippen molar-refractivity contribution in [2.24, 2.45) is 0 Å². The van der Waals surface area contributed by atoms with Crippen LogP contribution in [0.4, 0.5) is 5.69 Å². The minimum Gasteiger partial charge on any atom is -0.326 e. The molecule has 0 aliphatic carbocycles. The summed E-state index contributed by atoms with van der Waals surface area (Å²) in [6.07, 6.45) is 2.21. The Bertz CT molecular complexity index is 706. The molecule has 0 aromatic heterocycles. The smallest absolute Gasteiger partial charge is 0.243 e. The molecule has 7 nitrogen and oxygen atoms in total. The quantitative estimate of drug-likeness (QED) is 0.703. The van der Waals surface area contributed by atoms with Crippen molar-refractivity contribution in [1.29, 1.82) is 0 Å². The molecule has 0 saturated carbocycles. The number of nitrogens with zero attached hydrogens (tertiary/aromatic N) is 2. The predicted molar refractivity (Wildman–Crippen MR) is 111 cm³/mol. The predicted octanol–water partition coefficient (Wildman–Crippen LogP) is 1.55. The van der Waals surface area contributed by atoms with Crippen LogP contribution in [0.5, 0.6) is 0 Å². The molecule has 1 aromatic carbocycles. The first kappa shape index (κ1) is 24.1. The van der Waals surface area contributed by atoms with E-state index in [9.17, 15) is 13.2 Å². The average molecular weight is 439 g/mol. The van der Waals surface area contributed by atoms with Crippen LogP contribution in [-0.2, 0) is 14.8 Å². The van der Waals surface area contributed by atoms with Gasteiger partial charge in [0.05, 0.1) is 4.90 Å². The Morgan fingerprint density at radius 3 is 2.41 bits per heavy atom. The summed E-state index contributed by atoms with van der Waals surface area (Å²) in [6.45, 7) is 5.69. The van der Waals surface area contributed by atoms with E-state index in [2.05, 4.69) is 15.5 Å². The van der Waals surface area contributed by atoms with Gasteiger partial charge in [0.15, 0.2) is 0 Å². The molecule has 2 heterocycles. The lowest BCUT2D eigenvalue weighted by molar-refractivity contribution is -0.116. The monoisotopic (exact) mass is 438 g/mol. The highest BCUT2D eigenvalue weighted by Gasteiger charge is 2.27. The summed E-state index contributed by atoms with van der Waals surface area (Å²) in [5.74, 6) is -0.0887. The summed E-state index contributed by atoms with van der Waals surface area (Å²) in [6, 6.07) is 6.54. The minimum atomic E-state index is -3.46. The second-order valence-corrected chi connectivity index (χ2v) is 8.47. The van der Waals surface area contributed by atoms with Crippen molar-refractivity contribution in [1.82, 2.24) is 14.5 Å². The van der Waals surface area contributed by atoms with Crippen molar-refractivity contribution in [3.63, 3.8) is 0 Å². The molecule has 0 unspecified atom stereocenters. The molecule has 1 aromatic rings. The lowest BCUT2D eigenvalue weighted by Gasteiger charge is -2.26. The van der Waals surface area contributed by atoms with Gasteiger partial charge in [0.1, 0.15) is 0 Å². The molecule has 3 rings (SSSR count). The number of amides is 1. The number of carbonyl (C=O) groups excluding carboxylic acids is 1. The molecule has 2 fully saturated rings. The third-order valence-electron chi connectivity index (χ3n) is 4.69. The largest absolute Gasteiger partial charge is 0.326 e. The number of nitrogens with one attached hydrogen (secondary N) is 2. The molecule has 0 spiro atoms. The van der Waals surface area contributed by atoms with Crippen LogP contribution in [0.1, 0.15) is 19.3 Å². The summed E-state index contributed by atoms with van der Waals surface area (Å²) in [7, 11) is -3.46. The average Bonchev–Trinajstić information content (AvgIpc) is 3.17. The summed E-state index contributed by atoms with van der Waals surface area (Å²) in [4.78, 5) is 14.7. The number of halogens is 2. The Kier molecular flexibility index (Phi) is 10.0.